The SMILES string of the molecule is CN=C(NCC(c1cccs1)N1CCOCC1)NC1CC2CCC1O2.I. The third-order valence-electron chi connectivity index (χ3n) is 5.47. The largest absolute Gasteiger partial charge is 0.379 e. The molecule has 0 amide bonds. The minimum Gasteiger partial charge on any atom is -0.379 e. The maximum absolute atomic E-state index is 5.94. The highest BCUT2D eigenvalue weighted by atomic mass is 127. The molecule has 0 aliphatic carbocycles. The lowest BCUT2D eigenvalue weighted by Crippen LogP contribution is -2.50. The monoisotopic (exact) mass is 492 g/mol. The molecule has 4 rings (SSSR count). The van der Waals surface area contributed by atoms with Crippen molar-refractivity contribution in [1.29, 1.82) is 0 Å². The zero-order chi connectivity index (χ0) is 17.1. The molecule has 0 saturated carbocycles. The molecule has 6 nitrogen and oxygen atoms in total. The number of aliphatic imine (C=N–C) groups is 1. The van der Waals surface area contributed by atoms with Crippen LogP contribution >= 0.6 is 35.3 Å². The Morgan fingerprint density at radius 1 is 1.38 bits per heavy atom. The molecule has 4 heterocycles. The summed E-state index contributed by atoms with van der Waals surface area (Å²) < 4.78 is 11.5. The fourth-order valence-corrected chi connectivity index (χ4v) is 4.99. The van der Waals surface area contributed by atoms with Crippen molar-refractivity contribution in [3.05, 3.63) is 22.4 Å². The second-order valence-corrected chi connectivity index (χ2v) is 7.97. The number of rotatable bonds is 5. The van der Waals surface area contributed by atoms with Crippen LogP contribution in [0.3, 0.4) is 0 Å². The Hall–Kier alpha value is -0.420. The number of ether oxygens (including phenoxy) is 2. The zero-order valence-electron chi connectivity index (χ0n) is 15.2. The summed E-state index contributed by atoms with van der Waals surface area (Å²) in [5, 5.41) is 9.28. The van der Waals surface area contributed by atoms with Crippen molar-refractivity contribution >= 4 is 41.3 Å². The Kier molecular flexibility index (Phi) is 7.56. The summed E-state index contributed by atoms with van der Waals surface area (Å²) in [5.74, 6) is 0.885. The van der Waals surface area contributed by atoms with Crippen LogP contribution in [0.2, 0.25) is 0 Å². The fourth-order valence-electron chi connectivity index (χ4n) is 4.13. The van der Waals surface area contributed by atoms with Gasteiger partial charge in [-0.15, -0.1) is 35.3 Å². The van der Waals surface area contributed by atoms with Crippen molar-refractivity contribution in [2.45, 2.75) is 43.6 Å². The van der Waals surface area contributed by atoms with Crippen LogP contribution in [0.1, 0.15) is 30.2 Å². The minimum atomic E-state index is 0. The van der Waals surface area contributed by atoms with Gasteiger partial charge in [-0.3, -0.25) is 9.89 Å². The summed E-state index contributed by atoms with van der Waals surface area (Å²) in [5.41, 5.74) is 0. The van der Waals surface area contributed by atoms with E-state index in [1.54, 1.807) is 0 Å². The predicted octanol–water partition coefficient (Wildman–Crippen LogP) is 2.22. The third-order valence-corrected chi connectivity index (χ3v) is 6.45. The Morgan fingerprint density at radius 3 is 2.85 bits per heavy atom. The van der Waals surface area contributed by atoms with Crippen LogP contribution < -0.4 is 10.6 Å². The van der Waals surface area contributed by atoms with Crippen LogP contribution in [0, 0.1) is 0 Å². The number of fused-ring (bicyclic) bond motifs is 2. The van der Waals surface area contributed by atoms with Crippen molar-refractivity contribution in [3.8, 4) is 0 Å². The first-order valence-corrected chi connectivity index (χ1v) is 10.2. The Balaban J connectivity index is 0.00000196. The summed E-state index contributed by atoms with van der Waals surface area (Å²) in [6, 6.07) is 5.12. The molecule has 8 heteroatoms. The molecular weight excluding hydrogens is 463 g/mol. The summed E-state index contributed by atoms with van der Waals surface area (Å²) >= 11 is 1.82. The van der Waals surface area contributed by atoms with Gasteiger partial charge in [0.2, 0.25) is 0 Å². The number of halogens is 1. The second kappa shape index (κ2) is 9.68. The number of guanidine groups is 1. The van der Waals surface area contributed by atoms with Gasteiger partial charge in [0.25, 0.3) is 0 Å². The van der Waals surface area contributed by atoms with Gasteiger partial charge in [0.05, 0.1) is 37.5 Å². The molecule has 3 saturated heterocycles. The highest BCUT2D eigenvalue weighted by Crippen LogP contribution is 2.34. The average Bonchev–Trinajstić information content (AvgIpc) is 3.40. The maximum atomic E-state index is 5.94. The lowest BCUT2D eigenvalue weighted by atomic mass is 9.96. The molecule has 4 unspecified atom stereocenters. The molecule has 26 heavy (non-hydrogen) atoms. The van der Waals surface area contributed by atoms with Crippen molar-refractivity contribution in [2.24, 2.45) is 4.99 Å². The summed E-state index contributed by atoms with van der Waals surface area (Å²) in [6.07, 6.45) is 4.30. The van der Waals surface area contributed by atoms with Gasteiger partial charge in [-0.2, -0.15) is 0 Å². The van der Waals surface area contributed by atoms with E-state index in [0.717, 1.165) is 45.2 Å². The van der Waals surface area contributed by atoms with Crippen LogP contribution in [-0.4, -0.2) is 69.0 Å². The highest BCUT2D eigenvalue weighted by molar-refractivity contribution is 14.0. The van der Waals surface area contributed by atoms with Gasteiger partial charge in [-0.25, -0.2) is 0 Å². The van der Waals surface area contributed by atoms with Crippen LogP contribution in [0.5, 0.6) is 0 Å². The molecule has 146 valence electrons. The lowest BCUT2D eigenvalue weighted by Gasteiger charge is -2.34. The standard InChI is InChI=1S/C18H28N4O2S.HI/c1-19-18(21-14-11-13-4-5-16(14)24-13)20-12-15(17-3-2-10-25-17)22-6-8-23-9-7-22;/h2-3,10,13-16H,4-9,11-12H2,1H3,(H2,19,20,21);1H. The minimum absolute atomic E-state index is 0. The van der Waals surface area contributed by atoms with Crippen LogP contribution in [0.25, 0.3) is 0 Å². The molecule has 1 aromatic heterocycles. The molecular formula is C18H29IN4O2S. The first-order valence-electron chi connectivity index (χ1n) is 9.31. The summed E-state index contributed by atoms with van der Waals surface area (Å²) in [4.78, 5) is 8.34. The van der Waals surface area contributed by atoms with Crippen LogP contribution in [0.4, 0.5) is 0 Å². The van der Waals surface area contributed by atoms with Gasteiger partial charge in [0.1, 0.15) is 0 Å². The van der Waals surface area contributed by atoms with Crippen molar-refractivity contribution in [1.82, 2.24) is 15.5 Å². The van der Waals surface area contributed by atoms with E-state index in [4.69, 9.17) is 9.47 Å². The van der Waals surface area contributed by atoms with Crippen LogP contribution in [-0.2, 0) is 9.47 Å². The fraction of sp³-hybridized carbons (Fsp3) is 0.722. The molecule has 3 fully saturated rings. The molecule has 0 radical (unpaired) electrons. The van der Waals surface area contributed by atoms with Gasteiger partial charge in [0.15, 0.2) is 5.96 Å². The van der Waals surface area contributed by atoms with E-state index in [-0.39, 0.29) is 24.0 Å². The first kappa shape index (κ1) is 20.3. The number of morpholine rings is 1. The quantitative estimate of drug-likeness (QED) is 0.375. The maximum Gasteiger partial charge on any atom is 0.191 e. The summed E-state index contributed by atoms with van der Waals surface area (Å²) in [6.45, 7) is 4.45. The molecule has 0 spiro atoms. The van der Waals surface area contributed by atoms with Gasteiger partial charge in [-0.05, 0) is 30.7 Å². The van der Waals surface area contributed by atoms with Crippen molar-refractivity contribution < 1.29 is 9.47 Å². The topological polar surface area (TPSA) is 58.1 Å². The third kappa shape index (κ3) is 4.70. The zero-order valence-corrected chi connectivity index (χ0v) is 18.4. The van der Waals surface area contributed by atoms with E-state index >= 15 is 0 Å². The van der Waals surface area contributed by atoms with Gasteiger partial charge < -0.3 is 20.1 Å². The van der Waals surface area contributed by atoms with Gasteiger partial charge in [0, 0.05) is 31.6 Å². The predicted molar refractivity (Wildman–Crippen MR) is 116 cm³/mol. The number of hydrogen-bond donors (Lipinski definition) is 2. The molecule has 2 bridgehead atoms. The smallest absolute Gasteiger partial charge is 0.191 e. The Bertz CT molecular complexity index is 580. The van der Waals surface area contributed by atoms with E-state index in [0.29, 0.717) is 24.3 Å². The molecule has 4 atom stereocenters. The van der Waals surface area contributed by atoms with E-state index in [2.05, 4.69) is 38.0 Å². The van der Waals surface area contributed by atoms with Crippen molar-refractivity contribution in [3.63, 3.8) is 0 Å². The van der Waals surface area contributed by atoms with Crippen LogP contribution in [0.15, 0.2) is 22.5 Å². The molecule has 2 N–H and O–H groups in total. The molecule has 3 aliphatic rings. The normalized spacial score (nSPS) is 30.0. The van der Waals surface area contributed by atoms with Gasteiger partial charge >= 0.3 is 0 Å². The molecule has 1 aromatic rings. The van der Waals surface area contributed by atoms with E-state index in [1.165, 1.54) is 17.7 Å². The number of nitrogens with one attached hydrogen (secondary N) is 2. The molecule has 0 aromatic carbocycles. The Morgan fingerprint density at radius 2 is 2.23 bits per heavy atom. The number of nitrogens with zero attached hydrogens (tertiary/aromatic N) is 2. The van der Waals surface area contributed by atoms with Gasteiger partial charge in [-0.1, -0.05) is 6.07 Å². The van der Waals surface area contributed by atoms with Crippen molar-refractivity contribution in [2.75, 3.05) is 39.9 Å². The van der Waals surface area contributed by atoms with E-state index < -0.39 is 0 Å². The van der Waals surface area contributed by atoms with E-state index in [1.807, 2.05) is 18.4 Å². The first-order chi connectivity index (χ1) is 12.3. The Labute approximate surface area is 176 Å². The number of hydrogen-bond acceptors (Lipinski definition) is 5. The summed E-state index contributed by atoms with van der Waals surface area (Å²) in [7, 11) is 1.85. The average molecular weight is 492 g/mol. The highest BCUT2D eigenvalue weighted by Gasteiger charge is 2.41. The second-order valence-electron chi connectivity index (χ2n) is 6.99. The lowest BCUT2D eigenvalue weighted by molar-refractivity contribution is 0.0177. The van der Waals surface area contributed by atoms with E-state index in [9.17, 15) is 0 Å². The molecule has 3 aliphatic heterocycles. The number of thiophene rings is 1.